The number of aliphatic hydroxyl groups is 1. The fourth-order valence-electron chi connectivity index (χ4n) is 1.98. The Morgan fingerprint density at radius 3 is 2.87 bits per heavy atom. The summed E-state index contributed by atoms with van der Waals surface area (Å²) in [5.74, 6) is 0.872. The fourth-order valence-corrected chi connectivity index (χ4v) is 1.98. The molecule has 3 heteroatoms. The van der Waals surface area contributed by atoms with E-state index < -0.39 is 0 Å². The first-order valence-corrected chi connectivity index (χ1v) is 4.99. The van der Waals surface area contributed by atoms with Gasteiger partial charge in [-0.2, -0.15) is 0 Å². The van der Waals surface area contributed by atoms with Crippen molar-refractivity contribution in [3.8, 4) is 5.75 Å². The molecule has 0 aliphatic carbocycles. The van der Waals surface area contributed by atoms with Gasteiger partial charge in [-0.1, -0.05) is 6.07 Å². The summed E-state index contributed by atoms with van der Waals surface area (Å²) >= 11 is 0. The number of aromatic nitrogens is 1. The van der Waals surface area contributed by atoms with E-state index in [4.69, 9.17) is 9.84 Å². The summed E-state index contributed by atoms with van der Waals surface area (Å²) in [6.07, 6.45) is 2.71. The summed E-state index contributed by atoms with van der Waals surface area (Å²) in [7, 11) is 3.67. The minimum absolute atomic E-state index is 0.164. The van der Waals surface area contributed by atoms with E-state index in [0.717, 1.165) is 22.2 Å². The molecule has 0 radical (unpaired) electrons. The summed E-state index contributed by atoms with van der Waals surface area (Å²) in [4.78, 5) is 0. The van der Waals surface area contributed by atoms with Gasteiger partial charge in [-0.05, 0) is 24.1 Å². The highest BCUT2D eigenvalue weighted by Crippen LogP contribution is 2.30. The van der Waals surface area contributed by atoms with Gasteiger partial charge in [0.15, 0.2) is 0 Å². The van der Waals surface area contributed by atoms with E-state index in [1.165, 1.54) is 0 Å². The van der Waals surface area contributed by atoms with Crippen molar-refractivity contribution in [3.63, 3.8) is 0 Å². The summed E-state index contributed by atoms with van der Waals surface area (Å²) in [5.41, 5.74) is 2.27. The highest BCUT2D eigenvalue weighted by molar-refractivity contribution is 5.90. The van der Waals surface area contributed by atoms with Crippen molar-refractivity contribution in [3.05, 3.63) is 30.0 Å². The van der Waals surface area contributed by atoms with Crippen molar-refractivity contribution in [1.29, 1.82) is 0 Å². The SMILES string of the molecule is COc1cccc2c1c(CCO)cn2C. The lowest BCUT2D eigenvalue weighted by Crippen LogP contribution is -1.90. The molecule has 0 amide bonds. The molecule has 1 aromatic carbocycles. The number of aliphatic hydroxyl groups excluding tert-OH is 1. The highest BCUT2D eigenvalue weighted by Gasteiger charge is 2.10. The molecule has 0 aliphatic heterocycles. The third kappa shape index (κ3) is 1.59. The van der Waals surface area contributed by atoms with Crippen molar-refractivity contribution in [2.75, 3.05) is 13.7 Å². The fraction of sp³-hybridized carbons (Fsp3) is 0.333. The predicted octanol–water partition coefficient (Wildman–Crippen LogP) is 1.72. The summed E-state index contributed by atoms with van der Waals surface area (Å²) in [5, 5.41) is 10.1. The number of nitrogens with zero attached hydrogens (tertiary/aromatic N) is 1. The zero-order valence-corrected chi connectivity index (χ0v) is 9.03. The van der Waals surface area contributed by atoms with Crippen LogP contribution in [0.1, 0.15) is 5.56 Å². The number of hydrogen-bond acceptors (Lipinski definition) is 2. The van der Waals surface area contributed by atoms with Crippen molar-refractivity contribution in [2.45, 2.75) is 6.42 Å². The van der Waals surface area contributed by atoms with Crippen molar-refractivity contribution < 1.29 is 9.84 Å². The summed E-state index contributed by atoms with van der Waals surface area (Å²) in [6, 6.07) is 5.98. The first-order valence-electron chi connectivity index (χ1n) is 4.99. The zero-order chi connectivity index (χ0) is 10.8. The molecule has 1 N–H and O–H groups in total. The third-order valence-corrected chi connectivity index (χ3v) is 2.66. The largest absolute Gasteiger partial charge is 0.496 e. The van der Waals surface area contributed by atoms with Crippen LogP contribution in [0, 0.1) is 0 Å². The Hall–Kier alpha value is -1.48. The van der Waals surface area contributed by atoms with E-state index in [0.29, 0.717) is 6.42 Å². The van der Waals surface area contributed by atoms with Gasteiger partial charge in [0.2, 0.25) is 0 Å². The Morgan fingerprint density at radius 2 is 2.20 bits per heavy atom. The molecule has 2 aromatic rings. The van der Waals surface area contributed by atoms with Crippen LogP contribution in [0.5, 0.6) is 5.75 Å². The average Bonchev–Trinajstić information content (AvgIpc) is 2.57. The van der Waals surface area contributed by atoms with E-state index >= 15 is 0 Å². The van der Waals surface area contributed by atoms with Crippen molar-refractivity contribution in [1.82, 2.24) is 4.57 Å². The van der Waals surface area contributed by atoms with Gasteiger partial charge >= 0.3 is 0 Å². The first kappa shape index (κ1) is 10.1. The molecule has 0 atom stereocenters. The predicted molar refractivity (Wildman–Crippen MR) is 60.3 cm³/mol. The van der Waals surface area contributed by atoms with Crippen LogP contribution in [0.15, 0.2) is 24.4 Å². The van der Waals surface area contributed by atoms with Gasteiger partial charge in [-0.3, -0.25) is 0 Å². The van der Waals surface area contributed by atoms with Gasteiger partial charge < -0.3 is 14.4 Å². The molecular weight excluding hydrogens is 190 g/mol. The smallest absolute Gasteiger partial charge is 0.128 e. The Balaban J connectivity index is 2.70. The van der Waals surface area contributed by atoms with Crippen molar-refractivity contribution in [2.24, 2.45) is 7.05 Å². The molecule has 80 valence electrons. The van der Waals surface area contributed by atoms with Gasteiger partial charge in [0.1, 0.15) is 5.75 Å². The van der Waals surface area contributed by atoms with Crippen LogP contribution in [-0.4, -0.2) is 23.4 Å². The second-order valence-electron chi connectivity index (χ2n) is 3.59. The maximum absolute atomic E-state index is 9.00. The number of hydrogen-bond donors (Lipinski definition) is 1. The number of benzene rings is 1. The molecule has 0 saturated carbocycles. The van der Waals surface area contributed by atoms with Crippen LogP contribution >= 0.6 is 0 Å². The van der Waals surface area contributed by atoms with Gasteiger partial charge in [0, 0.05) is 25.2 Å². The lowest BCUT2D eigenvalue weighted by Gasteiger charge is -2.03. The maximum Gasteiger partial charge on any atom is 0.128 e. The molecule has 0 spiro atoms. The number of ether oxygens (including phenoxy) is 1. The second-order valence-corrected chi connectivity index (χ2v) is 3.59. The van der Waals surface area contributed by atoms with Crippen LogP contribution < -0.4 is 4.74 Å². The highest BCUT2D eigenvalue weighted by atomic mass is 16.5. The quantitative estimate of drug-likeness (QED) is 0.828. The number of aryl methyl sites for hydroxylation is 1. The van der Waals surface area contributed by atoms with E-state index in [-0.39, 0.29) is 6.61 Å². The molecular formula is C12H15NO2. The second kappa shape index (κ2) is 3.95. The summed E-state index contributed by atoms with van der Waals surface area (Å²) < 4.78 is 7.39. The molecule has 0 aliphatic rings. The number of fused-ring (bicyclic) bond motifs is 1. The van der Waals surface area contributed by atoms with Crippen LogP contribution in [-0.2, 0) is 13.5 Å². The van der Waals surface area contributed by atoms with Crippen LogP contribution in [0.4, 0.5) is 0 Å². The molecule has 1 aromatic heterocycles. The van der Waals surface area contributed by atoms with Gasteiger partial charge in [0.25, 0.3) is 0 Å². The Morgan fingerprint density at radius 1 is 1.40 bits per heavy atom. The molecule has 3 nitrogen and oxygen atoms in total. The normalized spacial score (nSPS) is 10.9. The van der Waals surface area contributed by atoms with E-state index in [1.54, 1.807) is 7.11 Å². The van der Waals surface area contributed by atoms with E-state index in [2.05, 4.69) is 10.6 Å². The van der Waals surface area contributed by atoms with Crippen LogP contribution in [0.25, 0.3) is 10.9 Å². The zero-order valence-electron chi connectivity index (χ0n) is 9.03. The van der Waals surface area contributed by atoms with Crippen LogP contribution in [0.2, 0.25) is 0 Å². The maximum atomic E-state index is 9.00. The van der Waals surface area contributed by atoms with Gasteiger partial charge in [0.05, 0.1) is 12.6 Å². The Kier molecular flexibility index (Phi) is 2.64. The van der Waals surface area contributed by atoms with Crippen LogP contribution in [0.3, 0.4) is 0 Å². The molecule has 0 bridgehead atoms. The van der Waals surface area contributed by atoms with Gasteiger partial charge in [-0.15, -0.1) is 0 Å². The molecule has 1 heterocycles. The molecule has 15 heavy (non-hydrogen) atoms. The number of methoxy groups -OCH3 is 1. The average molecular weight is 205 g/mol. The lowest BCUT2D eigenvalue weighted by atomic mass is 10.1. The molecule has 0 saturated heterocycles. The minimum atomic E-state index is 0.164. The van der Waals surface area contributed by atoms with Crippen molar-refractivity contribution >= 4 is 10.9 Å². The first-order chi connectivity index (χ1) is 7.27. The standard InChI is InChI=1S/C12H15NO2/c1-13-8-9(6-7-14)12-10(13)4-3-5-11(12)15-2/h3-5,8,14H,6-7H2,1-2H3. The third-order valence-electron chi connectivity index (χ3n) is 2.66. The Labute approximate surface area is 88.9 Å². The number of rotatable bonds is 3. The Bertz CT molecular complexity index is 474. The summed E-state index contributed by atoms with van der Waals surface area (Å²) in [6.45, 7) is 0.164. The minimum Gasteiger partial charge on any atom is -0.496 e. The topological polar surface area (TPSA) is 34.4 Å². The monoisotopic (exact) mass is 205 g/mol. The molecule has 2 rings (SSSR count). The van der Waals surface area contributed by atoms with Gasteiger partial charge in [-0.25, -0.2) is 0 Å². The van der Waals surface area contributed by atoms with E-state index in [9.17, 15) is 0 Å². The lowest BCUT2D eigenvalue weighted by molar-refractivity contribution is 0.300. The molecule has 0 fully saturated rings. The van der Waals surface area contributed by atoms with E-state index in [1.807, 2.05) is 25.4 Å². The molecule has 0 unspecified atom stereocenters.